The van der Waals surface area contributed by atoms with Gasteiger partial charge in [0, 0.05) is 18.5 Å². The molecular weight excluding hydrogens is 296 g/mol. The van der Waals surface area contributed by atoms with Crippen molar-refractivity contribution < 1.29 is 9.59 Å². The normalized spacial score (nSPS) is 10.9. The van der Waals surface area contributed by atoms with Gasteiger partial charge in [0.25, 0.3) is 5.91 Å². The number of carbonyl (C=O) groups excluding carboxylic acids is 2. The average molecular weight is 320 g/mol. The zero-order chi connectivity index (χ0) is 16.9. The molecule has 0 saturated carbocycles. The van der Waals surface area contributed by atoms with Gasteiger partial charge in [0.2, 0.25) is 5.91 Å². The summed E-state index contributed by atoms with van der Waals surface area (Å²) in [6.07, 6.45) is 3.37. The number of amides is 2. The lowest BCUT2D eigenvalue weighted by Crippen LogP contribution is -2.31. The van der Waals surface area contributed by atoms with Crippen LogP contribution >= 0.6 is 11.3 Å². The molecule has 1 N–H and O–H groups in total. The Morgan fingerprint density at radius 1 is 1.27 bits per heavy atom. The van der Waals surface area contributed by atoms with E-state index in [1.807, 2.05) is 33.8 Å². The zero-order valence-electron chi connectivity index (χ0n) is 13.7. The van der Waals surface area contributed by atoms with Crippen LogP contribution in [0.15, 0.2) is 31.4 Å². The molecule has 0 aromatic carbocycles. The summed E-state index contributed by atoms with van der Waals surface area (Å²) < 4.78 is 0. The van der Waals surface area contributed by atoms with Crippen molar-refractivity contribution in [2.45, 2.75) is 27.7 Å². The van der Waals surface area contributed by atoms with E-state index in [4.69, 9.17) is 0 Å². The molecule has 0 aliphatic rings. The van der Waals surface area contributed by atoms with E-state index in [2.05, 4.69) is 18.5 Å². The van der Waals surface area contributed by atoms with E-state index in [9.17, 15) is 9.59 Å². The second kappa shape index (κ2) is 7.40. The summed E-state index contributed by atoms with van der Waals surface area (Å²) in [5.74, 6) is -0.139. The quantitative estimate of drug-likeness (QED) is 0.809. The Bertz CT molecular complexity index is 572. The molecule has 1 rings (SSSR count). The second-order valence-electron chi connectivity index (χ2n) is 6.11. The number of carbonyl (C=O) groups is 2. The predicted molar refractivity (Wildman–Crippen MR) is 93.4 cm³/mol. The Labute approximate surface area is 136 Å². The standard InChI is InChI=1S/C17H24N2O2S/c1-7-9-19(10-8-2)15(20)14-12(3)11-13(22-14)18-16(21)17(4,5)6/h7-8,11H,1-2,9-10H2,3-6H3,(H,18,21). The van der Waals surface area contributed by atoms with Crippen LogP contribution in [0.25, 0.3) is 0 Å². The van der Waals surface area contributed by atoms with Crippen molar-refractivity contribution in [3.63, 3.8) is 0 Å². The van der Waals surface area contributed by atoms with Gasteiger partial charge in [0.05, 0.1) is 9.88 Å². The molecule has 2 amide bonds. The number of nitrogens with one attached hydrogen (secondary N) is 1. The number of aryl methyl sites for hydroxylation is 1. The van der Waals surface area contributed by atoms with Gasteiger partial charge in [-0.3, -0.25) is 9.59 Å². The fourth-order valence-corrected chi connectivity index (χ4v) is 2.79. The van der Waals surface area contributed by atoms with Crippen LogP contribution in [0.5, 0.6) is 0 Å². The number of anilines is 1. The summed E-state index contributed by atoms with van der Waals surface area (Å²) in [6.45, 7) is 15.7. The van der Waals surface area contributed by atoms with Gasteiger partial charge in [0.15, 0.2) is 0 Å². The van der Waals surface area contributed by atoms with E-state index in [1.54, 1.807) is 17.1 Å². The van der Waals surface area contributed by atoms with Crippen molar-refractivity contribution in [3.8, 4) is 0 Å². The molecule has 0 aliphatic heterocycles. The molecule has 0 radical (unpaired) electrons. The molecule has 0 saturated heterocycles. The van der Waals surface area contributed by atoms with Crippen LogP contribution in [0.3, 0.4) is 0 Å². The Hall–Kier alpha value is -1.88. The number of nitrogens with zero attached hydrogens (tertiary/aromatic N) is 1. The third-order valence-corrected chi connectivity index (χ3v) is 4.16. The van der Waals surface area contributed by atoms with Gasteiger partial charge < -0.3 is 10.2 Å². The lowest BCUT2D eigenvalue weighted by molar-refractivity contribution is -0.123. The SMILES string of the molecule is C=CCN(CC=C)C(=O)c1sc(NC(=O)C(C)(C)C)cc1C. The van der Waals surface area contributed by atoms with Crippen LogP contribution in [0.4, 0.5) is 5.00 Å². The van der Waals surface area contributed by atoms with E-state index in [0.29, 0.717) is 23.0 Å². The van der Waals surface area contributed by atoms with E-state index in [-0.39, 0.29) is 11.8 Å². The predicted octanol–water partition coefficient (Wildman–Crippen LogP) is 3.86. The minimum Gasteiger partial charge on any atom is -0.331 e. The van der Waals surface area contributed by atoms with Gasteiger partial charge in [-0.05, 0) is 18.6 Å². The number of hydrogen-bond donors (Lipinski definition) is 1. The fourth-order valence-electron chi connectivity index (χ4n) is 1.75. The summed E-state index contributed by atoms with van der Waals surface area (Å²) in [7, 11) is 0. The third-order valence-electron chi connectivity index (χ3n) is 3.02. The molecule has 1 aromatic heterocycles. The van der Waals surface area contributed by atoms with Gasteiger partial charge in [-0.25, -0.2) is 0 Å². The van der Waals surface area contributed by atoms with Gasteiger partial charge >= 0.3 is 0 Å². The Balaban J connectivity index is 2.97. The Kier molecular flexibility index (Phi) is 6.11. The smallest absolute Gasteiger partial charge is 0.264 e. The molecular formula is C17H24N2O2S. The van der Waals surface area contributed by atoms with Crippen LogP contribution in [0.1, 0.15) is 36.0 Å². The molecule has 120 valence electrons. The van der Waals surface area contributed by atoms with E-state index >= 15 is 0 Å². The summed E-state index contributed by atoms with van der Waals surface area (Å²) in [4.78, 5) is 26.9. The number of hydrogen-bond acceptors (Lipinski definition) is 3. The van der Waals surface area contributed by atoms with Crippen molar-refractivity contribution in [1.29, 1.82) is 0 Å². The first-order valence-corrected chi connectivity index (χ1v) is 7.95. The molecule has 22 heavy (non-hydrogen) atoms. The van der Waals surface area contributed by atoms with Crippen LogP contribution in [0.2, 0.25) is 0 Å². The second-order valence-corrected chi connectivity index (χ2v) is 7.17. The fraction of sp³-hybridized carbons (Fsp3) is 0.412. The van der Waals surface area contributed by atoms with E-state index in [1.165, 1.54) is 11.3 Å². The molecule has 0 aliphatic carbocycles. The Morgan fingerprint density at radius 3 is 2.27 bits per heavy atom. The molecule has 0 spiro atoms. The summed E-state index contributed by atoms with van der Waals surface area (Å²) in [6, 6.07) is 1.83. The van der Waals surface area contributed by atoms with Crippen molar-refractivity contribution in [2.24, 2.45) is 5.41 Å². The molecule has 0 bridgehead atoms. The van der Waals surface area contributed by atoms with E-state index < -0.39 is 5.41 Å². The lowest BCUT2D eigenvalue weighted by atomic mass is 9.96. The Morgan fingerprint density at radius 2 is 1.82 bits per heavy atom. The van der Waals surface area contributed by atoms with Crippen LogP contribution < -0.4 is 5.32 Å². The minimum atomic E-state index is -0.472. The van der Waals surface area contributed by atoms with Crippen LogP contribution in [-0.4, -0.2) is 29.8 Å². The highest BCUT2D eigenvalue weighted by molar-refractivity contribution is 7.18. The largest absolute Gasteiger partial charge is 0.331 e. The minimum absolute atomic E-state index is 0.0678. The first-order chi connectivity index (χ1) is 10.2. The average Bonchev–Trinajstić information content (AvgIpc) is 2.77. The lowest BCUT2D eigenvalue weighted by Gasteiger charge is -2.18. The summed E-state index contributed by atoms with van der Waals surface area (Å²) >= 11 is 1.30. The first kappa shape index (κ1) is 18.2. The highest BCUT2D eigenvalue weighted by Crippen LogP contribution is 2.29. The van der Waals surface area contributed by atoms with Crippen molar-refractivity contribution in [2.75, 3.05) is 18.4 Å². The molecule has 0 unspecified atom stereocenters. The van der Waals surface area contributed by atoms with Crippen molar-refractivity contribution in [1.82, 2.24) is 4.90 Å². The van der Waals surface area contributed by atoms with Crippen LogP contribution in [-0.2, 0) is 4.79 Å². The number of thiophene rings is 1. The highest BCUT2D eigenvalue weighted by atomic mass is 32.1. The molecule has 4 nitrogen and oxygen atoms in total. The van der Waals surface area contributed by atoms with Crippen LogP contribution in [0, 0.1) is 12.3 Å². The monoisotopic (exact) mass is 320 g/mol. The zero-order valence-corrected chi connectivity index (χ0v) is 14.5. The van der Waals surface area contributed by atoms with Crippen molar-refractivity contribution >= 4 is 28.2 Å². The van der Waals surface area contributed by atoms with Gasteiger partial charge in [-0.1, -0.05) is 32.9 Å². The molecule has 5 heteroatoms. The molecule has 1 aromatic rings. The molecule has 1 heterocycles. The molecule has 0 fully saturated rings. The van der Waals surface area contributed by atoms with E-state index in [0.717, 1.165) is 5.56 Å². The maximum atomic E-state index is 12.6. The maximum Gasteiger partial charge on any atom is 0.264 e. The third kappa shape index (κ3) is 4.56. The highest BCUT2D eigenvalue weighted by Gasteiger charge is 2.24. The number of rotatable bonds is 6. The van der Waals surface area contributed by atoms with Crippen molar-refractivity contribution in [3.05, 3.63) is 41.8 Å². The van der Waals surface area contributed by atoms with Gasteiger partial charge in [-0.15, -0.1) is 24.5 Å². The summed E-state index contributed by atoms with van der Waals surface area (Å²) in [5, 5.41) is 3.56. The summed E-state index contributed by atoms with van der Waals surface area (Å²) in [5.41, 5.74) is 0.386. The van der Waals surface area contributed by atoms with Gasteiger partial charge in [-0.2, -0.15) is 0 Å². The topological polar surface area (TPSA) is 49.4 Å². The first-order valence-electron chi connectivity index (χ1n) is 7.13. The maximum absolute atomic E-state index is 12.6. The molecule has 0 atom stereocenters. The van der Waals surface area contributed by atoms with Gasteiger partial charge in [0.1, 0.15) is 0 Å².